The second-order valence-electron chi connectivity index (χ2n) is 5.81. The van der Waals surface area contributed by atoms with Crippen LogP contribution >= 0.6 is 11.6 Å². The molecule has 22 heavy (non-hydrogen) atoms. The van der Waals surface area contributed by atoms with E-state index in [-0.39, 0.29) is 16.8 Å². The van der Waals surface area contributed by atoms with Crippen LogP contribution < -0.4 is 9.46 Å². The van der Waals surface area contributed by atoms with Gasteiger partial charge in [0.15, 0.2) is 6.61 Å². The van der Waals surface area contributed by atoms with E-state index >= 15 is 0 Å². The highest BCUT2D eigenvalue weighted by atomic mass is 35.5. The van der Waals surface area contributed by atoms with E-state index in [0.29, 0.717) is 5.56 Å². The molecule has 0 bridgehead atoms. The largest absolute Gasteiger partial charge is 0.598 e. The Morgan fingerprint density at radius 3 is 2.36 bits per heavy atom. The molecule has 0 aliphatic carbocycles. The number of alkyl halides is 3. The van der Waals surface area contributed by atoms with E-state index in [1.165, 1.54) is 12.1 Å². The summed E-state index contributed by atoms with van der Waals surface area (Å²) in [6, 6.07) is 4.20. The summed E-state index contributed by atoms with van der Waals surface area (Å²) in [5.74, 6) is -0.0353. The molecule has 1 N–H and O–H groups in total. The zero-order valence-electron chi connectivity index (χ0n) is 12.8. The van der Waals surface area contributed by atoms with E-state index < -0.39 is 28.9 Å². The van der Waals surface area contributed by atoms with Crippen LogP contribution in [0.2, 0.25) is 5.02 Å². The van der Waals surface area contributed by atoms with Crippen molar-refractivity contribution in [2.45, 2.75) is 44.7 Å². The lowest BCUT2D eigenvalue weighted by Gasteiger charge is -2.26. The molecule has 0 saturated carbocycles. The number of hydrogen-bond acceptors (Lipinski definition) is 3. The van der Waals surface area contributed by atoms with Crippen molar-refractivity contribution in [3.8, 4) is 5.75 Å². The molecule has 1 unspecified atom stereocenters. The number of nitrogens with one attached hydrogen (secondary N) is 1. The van der Waals surface area contributed by atoms with Crippen LogP contribution in [-0.4, -0.2) is 22.1 Å². The Hall–Kier alpha value is -0.630. The minimum Gasteiger partial charge on any atom is -0.598 e. The summed E-state index contributed by atoms with van der Waals surface area (Å²) in [7, 11) is 0. The average Bonchev–Trinajstić information content (AvgIpc) is 2.34. The molecule has 3 nitrogen and oxygen atoms in total. The van der Waals surface area contributed by atoms with Gasteiger partial charge in [-0.25, -0.2) is 0 Å². The summed E-state index contributed by atoms with van der Waals surface area (Å²) < 4.78 is 55.5. The van der Waals surface area contributed by atoms with Gasteiger partial charge in [-0.3, -0.25) is 0 Å². The molecule has 0 amide bonds. The minimum atomic E-state index is -4.42. The number of ether oxygens (including phenoxy) is 1. The maximum Gasteiger partial charge on any atom is 0.422 e. The van der Waals surface area contributed by atoms with E-state index in [2.05, 4.69) is 9.46 Å². The van der Waals surface area contributed by atoms with Gasteiger partial charge in [0.05, 0.1) is 11.1 Å². The molecular weight excluding hydrogens is 339 g/mol. The molecule has 0 aliphatic rings. The predicted molar refractivity (Wildman–Crippen MR) is 82.4 cm³/mol. The Morgan fingerprint density at radius 2 is 1.91 bits per heavy atom. The SMILES string of the molecule is C[C@@H](N[S+]([O-])C(C)(C)C)c1ccc(OCC(F)(F)F)c(Cl)c1. The average molecular weight is 358 g/mol. The van der Waals surface area contributed by atoms with Crippen molar-refractivity contribution in [1.29, 1.82) is 0 Å². The summed E-state index contributed by atoms with van der Waals surface area (Å²) in [6.07, 6.45) is -4.42. The fourth-order valence-electron chi connectivity index (χ4n) is 1.47. The summed E-state index contributed by atoms with van der Waals surface area (Å²) in [4.78, 5) is 0. The van der Waals surface area contributed by atoms with Gasteiger partial charge in [0.25, 0.3) is 0 Å². The highest BCUT2D eigenvalue weighted by Crippen LogP contribution is 2.30. The molecule has 1 rings (SSSR count). The van der Waals surface area contributed by atoms with Crippen molar-refractivity contribution in [2.75, 3.05) is 6.61 Å². The van der Waals surface area contributed by atoms with Crippen LogP contribution in [0, 0.1) is 0 Å². The molecule has 0 heterocycles. The topological polar surface area (TPSA) is 44.3 Å². The van der Waals surface area contributed by atoms with Crippen molar-refractivity contribution in [2.24, 2.45) is 0 Å². The highest BCUT2D eigenvalue weighted by Gasteiger charge is 2.30. The lowest BCUT2D eigenvalue weighted by Crippen LogP contribution is -2.40. The molecule has 0 radical (unpaired) electrons. The summed E-state index contributed by atoms with van der Waals surface area (Å²) in [5, 5.41) is 0.0805. The fourth-order valence-corrected chi connectivity index (χ4v) is 2.52. The lowest BCUT2D eigenvalue weighted by atomic mass is 10.1. The molecule has 0 spiro atoms. The Bertz CT molecular complexity index is 506. The standard InChI is InChI=1S/C14H19ClF3NO2S/c1-9(19-22(20)13(2,3)4)10-5-6-12(11(15)7-10)21-8-14(16,17)18/h5-7,9,19H,8H2,1-4H3/t9-,22?/m1/s1. The zero-order chi connectivity index (χ0) is 17.1. The first-order valence-corrected chi connectivity index (χ1v) is 8.10. The van der Waals surface area contributed by atoms with Crippen LogP contribution in [-0.2, 0) is 11.4 Å². The van der Waals surface area contributed by atoms with Crippen molar-refractivity contribution in [3.05, 3.63) is 28.8 Å². The van der Waals surface area contributed by atoms with Crippen LogP contribution in [0.1, 0.15) is 39.3 Å². The summed E-state index contributed by atoms with van der Waals surface area (Å²) in [5.41, 5.74) is 0.710. The van der Waals surface area contributed by atoms with Gasteiger partial charge >= 0.3 is 6.18 Å². The Labute approximate surface area is 136 Å². The van der Waals surface area contributed by atoms with E-state index in [1.807, 2.05) is 20.8 Å². The van der Waals surface area contributed by atoms with Gasteiger partial charge in [-0.05, 0) is 45.4 Å². The minimum absolute atomic E-state index is 0.0353. The van der Waals surface area contributed by atoms with Gasteiger partial charge in [0.2, 0.25) is 0 Å². The van der Waals surface area contributed by atoms with Gasteiger partial charge < -0.3 is 9.29 Å². The number of benzene rings is 1. The van der Waals surface area contributed by atoms with Gasteiger partial charge in [0, 0.05) is 11.4 Å². The lowest BCUT2D eigenvalue weighted by molar-refractivity contribution is -0.153. The van der Waals surface area contributed by atoms with E-state index in [4.69, 9.17) is 11.6 Å². The monoisotopic (exact) mass is 357 g/mol. The van der Waals surface area contributed by atoms with E-state index in [9.17, 15) is 17.7 Å². The molecule has 2 atom stereocenters. The molecule has 0 aliphatic heterocycles. The molecule has 0 fully saturated rings. The van der Waals surface area contributed by atoms with Crippen LogP contribution in [0.4, 0.5) is 13.2 Å². The third-order valence-corrected chi connectivity index (χ3v) is 4.66. The van der Waals surface area contributed by atoms with Crippen molar-refractivity contribution >= 4 is 23.0 Å². The number of rotatable bonds is 5. The summed E-state index contributed by atoms with van der Waals surface area (Å²) >= 11 is 4.66. The van der Waals surface area contributed by atoms with E-state index in [0.717, 1.165) is 0 Å². The second kappa shape index (κ2) is 7.29. The third kappa shape index (κ3) is 6.24. The molecule has 0 saturated heterocycles. The van der Waals surface area contributed by atoms with Crippen LogP contribution in [0.3, 0.4) is 0 Å². The van der Waals surface area contributed by atoms with Crippen molar-refractivity contribution in [3.63, 3.8) is 0 Å². The summed E-state index contributed by atoms with van der Waals surface area (Å²) in [6.45, 7) is 5.91. The Balaban J connectivity index is 2.76. The zero-order valence-corrected chi connectivity index (χ0v) is 14.3. The Kier molecular flexibility index (Phi) is 6.44. The fraction of sp³-hybridized carbons (Fsp3) is 0.571. The number of hydrogen-bond donors (Lipinski definition) is 1. The van der Waals surface area contributed by atoms with Gasteiger partial charge in [-0.2, -0.15) is 13.2 Å². The van der Waals surface area contributed by atoms with Gasteiger partial charge in [0.1, 0.15) is 10.5 Å². The van der Waals surface area contributed by atoms with Crippen LogP contribution in [0.25, 0.3) is 0 Å². The van der Waals surface area contributed by atoms with Crippen LogP contribution in [0.15, 0.2) is 18.2 Å². The van der Waals surface area contributed by atoms with Gasteiger partial charge in [-0.1, -0.05) is 17.7 Å². The van der Waals surface area contributed by atoms with Crippen molar-refractivity contribution in [1.82, 2.24) is 4.72 Å². The maximum absolute atomic E-state index is 12.1. The van der Waals surface area contributed by atoms with Gasteiger partial charge in [-0.15, -0.1) is 4.72 Å². The first-order valence-electron chi connectivity index (χ1n) is 6.57. The second-order valence-corrected chi connectivity index (χ2v) is 8.22. The first kappa shape index (κ1) is 19.4. The third-order valence-electron chi connectivity index (χ3n) is 2.69. The Morgan fingerprint density at radius 1 is 1.32 bits per heavy atom. The molecule has 126 valence electrons. The molecule has 1 aromatic carbocycles. The van der Waals surface area contributed by atoms with Crippen LogP contribution in [0.5, 0.6) is 5.75 Å². The molecule has 1 aromatic rings. The first-order chi connectivity index (χ1) is 9.90. The maximum atomic E-state index is 12.1. The predicted octanol–water partition coefficient (Wildman–Crippen LogP) is 4.39. The highest BCUT2D eigenvalue weighted by molar-refractivity contribution is 7.90. The number of halogens is 4. The quantitative estimate of drug-likeness (QED) is 0.795. The smallest absolute Gasteiger partial charge is 0.422 e. The van der Waals surface area contributed by atoms with Crippen molar-refractivity contribution < 1.29 is 22.5 Å². The molecular formula is C14H19ClF3NO2S. The molecule has 0 aromatic heterocycles. The van der Waals surface area contributed by atoms with E-state index in [1.54, 1.807) is 13.0 Å². The molecule has 8 heteroatoms. The normalized spacial score (nSPS) is 15.5.